The molecule has 0 aromatic carbocycles. The van der Waals surface area contributed by atoms with E-state index in [2.05, 4.69) is 31.9 Å². The van der Waals surface area contributed by atoms with Gasteiger partial charge in [0.2, 0.25) is 47.3 Å². The monoisotopic (exact) mass is 948 g/mol. The number of rotatable bonds is 26. The molecule has 0 aromatic heterocycles. The number of carbonyl (C=O) groups is 9. The van der Waals surface area contributed by atoms with Gasteiger partial charge in [-0.05, 0) is 46.5 Å². The van der Waals surface area contributed by atoms with Gasteiger partial charge in [-0.1, -0.05) is 0 Å². The van der Waals surface area contributed by atoms with Crippen molar-refractivity contribution < 1.29 is 87.3 Å². The van der Waals surface area contributed by atoms with E-state index in [-0.39, 0.29) is 38.8 Å². The van der Waals surface area contributed by atoms with Crippen LogP contribution in [0.25, 0.3) is 0 Å². The molecule has 16 unspecified atom stereocenters. The number of ether oxygens (including phenoxy) is 5. The average Bonchev–Trinajstić information content (AvgIpc) is 3.70. The SMILES string of the molecule is CC(=O)NC1C(OC2C3COC(O3)C(N)C2OC(C)C(=O)NC(C)C(=O)NC(CCC(=O)NC(CCCCNC(=O)CC(N)C(N)=O)C(=O)NC(C)C(=O)O)C(N)=O)OC(CO)C(O)C1O. The van der Waals surface area contributed by atoms with Crippen molar-refractivity contribution in [2.75, 3.05) is 19.8 Å². The van der Waals surface area contributed by atoms with Gasteiger partial charge in [-0.15, -0.1) is 0 Å². The van der Waals surface area contributed by atoms with Crippen LogP contribution in [-0.2, 0) is 66.8 Å². The third-order valence-electron chi connectivity index (χ3n) is 10.9. The van der Waals surface area contributed by atoms with Crippen LogP contribution in [0, 0.1) is 0 Å². The highest BCUT2D eigenvalue weighted by atomic mass is 16.8. The Labute approximate surface area is 378 Å². The van der Waals surface area contributed by atoms with Crippen LogP contribution >= 0.6 is 0 Å². The normalized spacial score (nSPS) is 28.5. The summed E-state index contributed by atoms with van der Waals surface area (Å²) in [6, 6.07) is -8.91. The first-order valence-electron chi connectivity index (χ1n) is 21.2. The smallest absolute Gasteiger partial charge is 0.325 e. The molecule has 18 N–H and O–H groups in total. The Hall–Kier alpha value is -5.17. The molecule has 3 aliphatic rings. The topological polar surface area (TPSA) is 457 Å². The van der Waals surface area contributed by atoms with Gasteiger partial charge in [0.25, 0.3) is 0 Å². The summed E-state index contributed by atoms with van der Waals surface area (Å²) < 4.78 is 29.3. The second kappa shape index (κ2) is 25.7. The summed E-state index contributed by atoms with van der Waals surface area (Å²) in [7, 11) is 0. The van der Waals surface area contributed by atoms with Crippen molar-refractivity contribution in [3.63, 3.8) is 0 Å². The summed E-state index contributed by atoms with van der Waals surface area (Å²) in [5, 5.41) is 54.7. The number of nitrogens with two attached hydrogens (primary N) is 4. The van der Waals surface area contributed by atoms with E-state index in [9.17, 15) is 63.6 Å². The Morgan fingerprint density at radius 2 is 1.45 bits per heavy atom. The summed E-state index contributed by atoms with van der Waals surface area (Å²) in [6.45, 7) is 4.35. The fourth-order valence-electron chi connectivity index (χ4n) is 7.01. The van der Waals surface area contributed by atoms with Crippen LogP contribution in [-0.4, -0.2) is 191 Å². The number of aliphatic hydroxyl groups excluding tert-OH is 3. The maximum atomic E-state index is 13.4. The largest absolute Gasteiger partial charge is 0.480 e. The summed E-state index contributed by atoms with van der Waals surface area (Å²) in [5.41, 5.74) is 22.4. The number of hydrogen-bond acceptors (Lipinski definition) is 19. The van der Waals surface area contributed by atoms with Crippen molar-refractivity contribution in [2.24, 2.45) is 22.9 Å². The zero-order valence-corrected chi connectivity index (χ0v) is 36.9. The number of unbranched alkanes of at least 4 members (excludes halogenated alkanes) is 1. The second-order valence-corrected chi connectivity index (χ2v) is 16.2. The molecule has 0 aromatic rings. The van der Waals surface area contributed by atoms with Crippen molar-refractivity contribution in [2.45, 2.75) is 164 Å². The third kappa shape index (κ3) is 16.0. The molecular weight excluding hydrogens is 884 g/mol. The van der Waals surface area contributed by atoms with E-state index in [1.54, 1.807) is 0 Å². The van der Waals surface area contributed by atoms with Gasteiger partial charge in [0.15, 0.2) is 12.6 Å². The van der Waals surface area contributed by atoms with Crippen molar-refractivity contribution in [3.8, 4) is 0 Å². The molecule has 66 heavy (non-hydrogen) atoms. The molecule has 0 radical (unpaired) electrons. The minimum Gasteiger partial charge on any atom is -0.480 e. The molecule has 28 nitrogen and oxygen atoms in total. The van der Waals surface area contributed by atoms with E-state index in [1.165, 1.54) is 20.8 Å². The first kappa shape index (κ1) is 55.2. The molecule has 3 saturated heterocycles. The molecule has 3 heterocycles. The molecule has 2 bridgehead atoms. The van der Waals surface area contributed by atoms with E-state index in [1.807, 2.05) is 0 Å². The van der Waals surface area contributed by atoms with Gasteiger partial charge in [0.1, 0.15) is 72.9 Å². The molecular formula is C38H64N10O18. The van der Waals surface area contributed by atoms with E-state index in [0.29, 0.717) is 6.42 Å². The summed E-state index contributed by atoms with van der Waals surface area (Å²) in [6.07, 6.45) is -12.2. The molecule has 0 spiro atoms. The van der Waals surface area contributed by atoms with E-state index >= 15 is 0 Å². The molecule has 3 fully saturated rings. The Bertz CT molecular complexity index is 1750. The number of hydrogen-bond donors (Lipinski definition) is 14. The average molecular weight is 949 g/mol. The van der Waals surface area contributed by atoms with Crippen molar-refractivity contribution in [1.29, 1.82) is 0 Å². The lowest BCUT2D eigenvalue weighted by Crippen LogP contribution is -2.67. The van der Waals surface area contributed by atoms with Crippen molar-refractivity contribution >= 4 is 53.2 Å². The quantitative estimate of drug-likeness (QED) is 0.0358. The zero-order chi connectivity index (χ0) is 49.6. The summed E-state index contributed by atoms with van der Waals surface area (Å²) in [4.78, 5) is 111. The lowest BCUT2D eigenvalue weighted by molar-refractivity contribution is -0.312. The van der Waals surface area contributed by atoms with Crippen molar-refractivity contribution in [3.05, 3.63) is 0 Å². The van der Waals surface area contributed by atoms with Crippen LogP contribution in [0.5, 0.6) is 0 Å². The molecule has 3 rings (SSSR count). The predicted molar refractivity (Wildman–Crippen MR) is 221 cm³/mol. The zero-order valence-electron chi connectivity index (χ0n) is 36.9. The fraction of sp³-hybridized carbons (Fsp3) is 0.763. The Morgan fingerprint density at radius 1 is 0.788 bits per heavy atom. The first-order valence-corrected chi connectivity index (χ1v) is 21.2. The number of carboxylic acid groups (broad SMARTS) is 1. The maximum Gasteiger partial charge on any atom is 0.325 e. The number of aliphatic hydroxyl groups is 3. The predicted octanol–water partition coefficient (Wildman–Crippen LogP) is -8.01. The van der Waals surface area contributed by atoms with Gasteiger partial charge in [-0.3, -0.25) is 43.2 Å². The third-order valence-corrected chi connectivity index (χ3v) is 10.9. The van der Waals surface area contributed by atoms with E-state index in [4.69, 9.17) is 46.6 Å². The Morgan fingerprint density at radius 3 is 2.06 bits per heavy atom. The number of carboxylic acids is 1. The number of fused-ring (bicyclic) bond motifs is 2. The van der Waals surface area contributed by atoms with Gasteiger partial charge in [0, 0.05) is 19.9 Å². The van der Waals surface area contributed by atoms with Gasteiger partial charge in [-0.25, -0.2) is 0 Å². The van der Waals surface area contributed by atoms with Crippen LogP contribution < -0.4 is 54.8 Å². The highest BCUT2D eigenvalue weighted by Gasteiger charge is 2.55. The lowest BCUT2D eigenvalue weighted by Gasteiger charge is -2.46. The molecule has 28 heteroatoms. The van der Waals surface area contributed by atoms with Gasteiger partial charge in [0.05, 0.1) is 31.7 Å². The number of carbonyl (C=O) groups excluding carboxylic acids is 8. The van der Waals surface area contributed by atoms with Crippen LogP contribution in [0.3, 0.4) is 0 Å². The molecule has 3 aliphatic heterocycles. The lowest BCUT2D eigenvalue weighted by atomic mass is 9.95. The number of amides is 8. The standard InChI is InChI=1S/C38H64N10O18/c1-14(44-34(58)16(3)63-30-25(40)37-62-13-22(65-37)29(30)66-38-26(46-17(4)50)28(54)27(53)21(12-49)64-38)33(57)48-19(32(42)56)8-9-23(51)47-20(35(59)45-15(2)36(60)61)7-5-6-10-43-24(52)11-18(39)31(41)55/h14-16,18-22,25-30,37-38,49,53-54H,5-13,39-40H2,1-4H3,(H2,41,55)(H2,42,56)(H,43,52)(H,44,58)(H,45,59)(H,46,50)(H,47,51)(H,48,57)(H,60,61). The highest BCUT2D eigenvalue weighted by molar-refractivity contribution is 5.93. The molecule has 0 saturated carbocycles. The van der Waals surface area contributed by atoms with E-state index in [0.717, 1.165) is 6.92 Å². The number of aliphatic carboxylic acids is 1. The summed E-state index contributed by atoms with van der Waals surface area (Å²) >= 11 is 0. The Kier molecular flexibility index (Phi) is 21.4. The minimum absolute atomic E-state index is 0.00675. The van der Waals surface area contributed by atoms with Crippen LogP contribution in [0.15, 0.2) is 0 Å². The van der Waals surface area contributed by atoms with Crippen LogP contribution in [0.1, 0.15) is 66.2 Å². The van der Waals surface area contributed by atoms with Gasteiger partial charge >= 0.3 is 5.97 Å². The highest BCUT2D eigenvalue weighted by Crippen LogP contribution is 2.34. The minimum atomic E-state index is -1.64. The molecule has 16 atom stereocenters. The maximum absolute atomic E-state index is 13.4. The van der Waals surface area contributed by atoms with E-state index < -0.39 is 164 Å². The molecule has 374 valence electrons. The van der Waals surface area contributed by atoms with Crippen molar-refractivity contribution in [1.82, 2.24) is 31.9 Å². The van der Waals surface area contributed by atoms with Gasteiger partial charge in [-0.2, -0.15) is 0 Å². The van der Waals surface area contributed by atoms with Crippen LogP contribution in [0.2, 0.25) is 0 Å². The number of nitrogens with one attached hydrogen (secondary N) is 6. The fourth-order valence-corrected chi connectivity index (χ4v) is 7.01. The van der Waals surface area contributed by atoms with Gasteiger partial charge < -0.3 is 98.9 Å². The second-order valence-electron chi connectivity index (χ2n) is 16.2. The van der Waals surface area contributed by atoms with Crippen LogP contribution in [0.4, 0.5) is 0 Å². The molecule has 0 aliphatic carbocycles. The number of primary amides is 2. The first-order chi connectivity index (χ1) is 30.9. The molecule has 8 amide bonds. The summed E-state index contributed by atoms with van der Waals surface area (Å²) in [5.74, 6) is -7.70. The Balaban J connectivity index is 1.59.